The van der Waals surface area contributed by atoms with E-state index >= 15 is 0 Å². The van der Waals surface area contributed by atoms with Gasteiger partial charge in [0.25, 0.3) is 0 Å². The van der Waals surface area contributed by atoms with Crippen molar-refractivity contribution in [3.05, 3.63) is 23.8 Å². The standard InChI is InChI=1S/C11H16N2O2/c12-5-1-2-9(13)8-3-4-10-11(6-8)15-7-14-10/h3-4,6,9H,1-2,5,7,12-13H2. The summed E-state index contributed by atoms with van der Waals surface area (Å²) in [6.45, 7) is 0.981. The number of hydrogen-bond donors (Lipinski definition) is 2. The molecule has 0 radical (unpaired) electrons. The van der Waals surface area contributed by atoms with E-state index in [1.165, 1.54) is 0 Å². The molecular weight excluding hydrogens is 192 g/mol. The smallest absolute Gasteiger partial charge is 0.231 e. The van der Waals surface area contributed by atoms with Crippen LogP contribution >= 0.6 is 0 Å². The fourth-order valence-corrected chi connectivity index (χ4v) is 1.65. The molecule has 1 aromatic rings. The van der Waals surface area contributed by atoms with Crippen LogP contribution in [0.25, 0.3) is 0 Å². The van der Waals surface area contributed by atoms with Crippen molar-refractivity contribution in [3.8, 4) is 11.5 Å². The molecule has 0 spiro atoms. The van der Waals surface area contributed by atoms with Crippen molar-refractivity contribution in [1.82, 2.24) is 0 Å². The summed E-state index contributed by atoms with van der Waals surface area (Å²) in [6, 6.07) is 5.86. The molecule has 0 aliphatic carbocycles. The van der Waals surface area contributed by atoms with Gasteiger partial charge in [-0.15, -0.1) is 0 Å². The van der Waals surface area contributed by atoms with Gasteiger partial charge in [-0.1, -0.05) is 6.07 Å². The predicted molar refractivity (Wildman–Crippen MR) is 57.8 cm³/mol. The number of hydrogen-bond acceptors (Lipinski definition) is 4. The van der Waals surface area contributed by atoms with E-state index in [2.05, 4.69) is 0 Å². The first-order valence-electron chi connectivity index (χ1n) is 5.16. The monoisotopic (exact) mass is 208 g/mol. The molecule has 4 nitrogen and oxygen atoms in total. The van der Waals surface area contributed by atoms with Crippen LogP contribution in [0.4, 0.5) is 0 Å². The minimum absolute atomic E-state index is 0.0306. The molecule has 4 heteroatoms. The molecule has 1 heterocycles. The molecule has 82 valence electrons. The predicted octanol–water partition coefficient (Wildman–Crippen LogP) is 1.15. The summed E-state index contributed by atoms with van der Waals surface area (Å²) in [5.41, 5.74) is 12.5. The zero-order valence-electron chi connectivity index (χ0n) is 8.61. The van der Waals surface area contributed by atoms with E-state index < -0.39 is 0 Å². The Hall–Kier alpha value is -1.26. The minimum atomic E-state index is 0.0306. The number of benzene rings is 1. The third-order valence-electron chi connectivity index (χ3n) is 2.54. The Morgan fingerprint density at radius 3 is 2.87 bits per heavy atom. The average molecular weight is 208 g/mol. The molecule has 1 atom stereocenters. The highest BCUT2D eigenvalue weighted by molar-refractivity contribution is 5.45. The van der Waals surface area contributed by atoms with Gasteiger partial charge in [-0.25, -0.2) is 0 Å². The van der Waals surface area contributed by atoms with Gasteiger partial charge in [0.05, 0.1) is 0 Å². The molecule has 0 fully saturated rings. The highest BCUT2D eigenvalue weighted by atomic mass is 16.7. The van der Waals surface area contributed by atoms with Crippen LogP contribution in [0.1, 0.15) is 24.4 Å². The summed E-state index contributed by atoms with van der Waals surface area (Å²) < 4.78 is 10.5. The number of nitrogens with two attached hydrogens (primary N) is 2. The summed E-state index contributed by atoms with van der Waals surface area (Å²) in [5, 5.41) is 0. The maximum Gasteiger partial charge on any atom is 0.231 e. The lowest BCUT2D eigenvalue weighted by Gasteiger charge is -2.11. The Kier molecular flexibility index (Phi) is 3.08. The van der Waals surface area contributed by atoms with E-state index in [-0.39, 0.29) is 6.04 Å². The van der Waals surface area contributed by atoms with E-state index in [0.29, 0.717) is 13.3 Å². The number of fused-ring (bicyclic) bond motifs is 1. The molecule has 0 bridgehead atoms. The third kappa shape index (κ3) is 2.22. The third-order valence-corrected chi connectivity index (χ3v) is 2.54. The maximum atomic E-state index is 6.02. The van der Waals surface area contributed by atoms with Crippen LogP contribution in [0.15, 0.2) is 18.2 Å². The van der Waals surface area contributed by atoms with Crippen molar-refractivity contribution >= 4 is 0 Å². The van der Waals surface area contributed by atoms with E-state index in [1.54, 1.807) is 0 Å². The van der Waals surface area contributed by atoms with Crippen LogP contribution in [0.5, 0.6) is 11.5 Å². The lowest BCUT2D eigenvalue weighted by molar-refractivity contribution is 0.174. The van der Waals surface area contributed by atoms with Gasteiger partial charge >= 0.3 is 0 Å². The van der Waals surface area contributed by atoms with E-state index in [0.717, 1.165) is 29.9 Å². The Bertz CT molecular complexity index is 341. The summed E-state index contributed by atoms with van der Waals surface area (Å²) >= 11 is 0. The van der Waals surface area contributed by atoms with Crippen LogP contribution in [-0.4, -0.2) is 13.3 Å². The molecular formula is C11H16N2O2. The molecule has 2 rings (SSSR count). The summed E-state index contributed by atoms with van der Waals surface area (Å²) in [7, 11) is 0. The lowest BCUT2D eigenvalue weighted by atomic mass is 10.0. The lowest BCUT2D eigenvalue weighted by Crippen LogP contribution is -2.12. The molecule has 0 amide bonds. The second-order valence-electron chi connectivity index (χ2n) is 3.65. The van der Waals surface area contributed by atoms with Gasteiger partial charge in [0.15, 0.2) is 11.5 Å². The van der Waals surface area contributed by atoms with Crippen molar-refractivity contribution < 1.29 is 9.47 Å². The van der Waals surface area contributed by atoms with Gasteiger partial charge < -0.3 is 20.9 Å². The molecule has 0 saturated carbocycles. The number of ether oxygens (including phenoxy) is 2. The summed E-state index contributed by atoms with van der Waals surface area (Å²) in [5.74, 6) is 1.58. The zero-order chi connectivity index (χ0) is 10.7. The highest BCUT2D eigenvalue weighted by Crippen LogP contribution is 2.34. The fraction of sp³-hybridized carbons (Fsp3) is 0.455. The Morgan fingerprint density at radius 1 is 1.27 bits per heavy atom. The first kappa shape index (κ1) is 10.3. The second kappa shape index (κ2) is 4.51. The van der Waals surface area contributed by atoms with Crippen molar-refractivity contribution in [2.45, 2.75) is 18.9 Å². The van der Waals surface area contributed by atoms with Gasteiger partial charge in [-0.05, 0) is 37.1 Å². The Balaban J connectivity index is 2.08. The first-order valence-corrected chi connectivity index (χ1v) is 5.16. The van der Waals surface area contributed by atoms with Gasteiger partial charge in [-0.3, -0.25) is 0 Å². The van der Waals surface area contributed by atoms with Crippen molar-refractivity contribution in [1.29, 1.82) is 0 Å². The van der Waals surface area contributed by atoms with Crippen molar-refractivity contribution in [2.75, 3.05) is 13.3 Å². The molecule has 1 unspecified atom stereocenters. The van der Waals surface area contributed by atoms with Crippen LogP contribution in [0.2, 0.25) is 0 Å². The molecule has 0 aromatic heterocycles. The Labute approximate surface area is 89.2 Å². The van der Waals surface area contributed by atoms with Crippen molar-refractivity contribution in [2.24, 2.45) is 11.5 Å². The zero-order valence-corrected chi connectivity index (χ0v) is 8.61. The second-order valence-corrected chi connectivity index (χ2v) is 3.65. The van der Waals surface area contributed by atoms with Gasteiger partial charge in [0.1, 0.15) is 0 Å². The van der Waals surface area contributed by atoms with Crippen LogP contribution in [0, 0.1) is 0 Å². The summed E-state index contributed by atoms with van der Waals surface area (Å²) in [4.78, 5) is 0. The van der Waals surface area contributed by atoms with Crippen LogP contribution < -0.4 is 20.9 Å². The quantitative estimate of drug-likeness (QED) is 0.778. The minimum Gasteiger partial charge on any atom is -0.454 e. The van der Waals surface area contributed by atoms with E-state index in [1.807, 2.05) is 18.2 Å². The molecule has 1 aliphatic rings. The first-order chi connectivity index (χ1) is 7.31. The van der Waals surface area contributed by atoms with Crippen LogP contribution in [0.3, 0.4) is 0 Å². The van der Waals surface area contributed by atoms with Gasteiger partial charge in [0, 0.05) is 6.04 Å². The largest absolute Gasteiger partial charge is 0.454 e. The topological polar surface area (TPSA) is 70.5 Å². The highest BCUT2D eigenvalue weighted by Gasteiger charge is 2.15. The molecule has 1 aliphatic heterocycles. The summed E-state index contributed by atoms with van der Waals surface area (Å²) in [6.07, 6.45) is 1.84. The molecule has 4 N–H and O–H groups in total. The SMILES string of the molecule is NCCCC(N)c1ccc2c(c1)OCO2. The van der Waals surface area contributed by atoms with Crippen LogP contribution in [-0.2, 0) is 0 Å². The fourth-order valence-electron chi connectivity index (χ4n) is 1.65. The molecule has 1 aromatic carbocycles. The van der Waals surface area contributed by atoms with E-state index in [9.17, 15) is 0 Å². The van der Waals surface area contributed by atoms with Gasteiger partial charge in [-0.2, -0.15) is 0 Å². The molecule has 15 heavy (non-hydrogen) atoms. The van der Waals surface area contributed by atoms with Crippen molar-refractivity contribution in [3.63, 3.8) is 0 Å². The maximum absolute atomic E-state index is 6.02. The number of rotatable bonds is 4. The Morgan fingerprint density at radius 2 is 2.07 bits per heavy atom. The average Bonchev–Trinajstić information content (AvgIpc) is 2.72. The molecule has 0 saturated heterocycles. The van der Waals surface area contributed by atoms with E-state index in [4.69, 9.17) is 20.9 Å². The normalized spacial score (nSPS) is 15.3. The van der Waals surface area contributed by atoms with Gasteiger partial charge in [0.2, 0.25) is 6.79 Å².